The molecule has 1 aliphatic rings. The van der Waals surface area contributed by atoms with Gasteiger partial charge in [-0.3, -0.25) is 4.90 Å². The van der Waals surface area contributed by atoms with Gasteiger partial charge in [-0.05, 0) is 18.6 Å². The molecule has 0 saturated carbocycles. The highest BCUT2D eigenvalue weighted by Gasteiger charge is 2.10. The Morgan fingerprint density at radius 3 is 2.90 bits per heavy atom. The van der Waals surface area contributed by atoms with E-state index in [0.29, 0.717) is 6.61 Å². The third-order valence-electron chi connectivity index (χ3n) is 3.37. The molecule has 0 aromatic heterocycles. The molecule has 1 aliphatic heterocycles. The van der Waals surface area contributed by atoms with Crippen LogP contribution in [0.4, 0.5) is 11.4 Å². The molecule has 1 fully saturated rings. The van der Waals surface area contributed by atoms with Gasteiger partial charge in [0.1, 0.15) is 5.75 Å². The topological polar surface area (TPSA) is 50.5 Å². The van der Waals surface area contributed by atoms with Gasteiger partial charge in [-0.2, -0.15) is 11.8 Å². The van der Waals surface area contributed by atoms with Crippen LogP contribution in [-0.4, -0.2) is 49.2 Å². The maximum absolute atomic E-state index is 6.14. The van der Waals surface area contributed by atoms with Crippen molar-refractivity contribution < 1.29 is 4.74 Å². The van der Waals surface area contributed by atoms with E-state index in [1.54, 1.807) is 0 Å². The summed E-state index contributed by atoms with van der Waals surface area (Å²) >= 11 is 2.04. The Labute approximate surface area is 126 Å². The Hall–Kier alpha value is -1.07. The molecule has 0 aliphatic carbocycles. The summed E-state index contributed by atoms with van der Waals surface area (Å²) in [5.74, 6) is 3.29. The highest BCUT2D eigenvalue weighted by Crippen LogP contribution is 2.29. The van der Waals surface area contributed by atoms with Crippen molar-refractivity contribution in [3.63, 3.8) is 0 Å². The second-order valence-corrected chi connectivity index (χ2v) is 6.17. The van der Waals surface area contributed by atoms with Gasteiger partial charge in [-0.1, -0.05) is 13.0 Å². The quantitative estimate of drug-likeness (QED) is 0.757. The summed E-state index contributed by atoms with van der Waals surface area (Å²) in [6, 6.07) is 5.93. The Morgan fingerprint density at radius 2 is 2.15 bits per heavy atom. The lowest BCUT2D eigenvalue weighted by molar-refractivity contribution is 0.314. The predicted octanol–water partition coefficient (Wildman–Crippen LogP) is 2.52. The second kappa shape index (κ2) is 8.27. The lowest BCUT2D eigenvalue weighted by Gasteiger charge is -2.26. The van der Waals surface area contributed by atoms with Crippen LogP contribution in [0.1, 0.15) is 13.3 Å². The summed E-state index contributed by atoms with van der Waals surface area (Å²) < 4.78 is 5.64. The van der Waals surface area contributed by atoms with E-state index in [1.807, 2.05) is 30.0 Å². The lowest BCUT2D eigenvalue weighted by atomic mass is 10.2. The van der Waals surface area contributed by atoms with Crippen LogP contribution in [0.25, 0.3) is 0 Å². The zero-order valence-corrected chi connectivity index (χ0v) is 13.0. The summed E-state index contributed by atoms with van der Waals surface area (Å²) in [5, 5.41) is 3.42. The van der Waals surface area contributed by atoms with E-state index in [-0.39, 0.29) is 0 Å². The number of thioether (sulfide) groups is 1. The van der Waals surface area contributed by atoms with Crippen LogP contribution in [0, 0.1) is 0 Å². The fourth-order valence-electron chi connectivity index (χ4n) is 2.21. The van der Waals surface area contributed by atoms with Crippen LogP contribution in [0.15, 0.2) is 18.2 Å². The number of para-hydroxylation sites is 1. The molecule has 1 saturated heterocycles. The molecule has 0 radical (unpaired) electrons. The number of nitrogen functional groups attached to an aromatic ring is 1. The molecule has 0 unspecified atom stereocenters. The van der Waals surface area contributed by atoms with Crippen molar-refractivity contribution in [1.29, 1.82) is 0 Å². The number of nitrogens with one attached hydrogen (secondary N) is 1. The maximum atomic E-state index is 6.14. The molecule has 0 atom stereocenters. The minimum Gasteiger partial charge on any atom is -0.491 e. The lowest BCUT2D eigenvalue weighted by Crippen LogP contribution is -2.36. The zero-order chi connectivity index (χ0) is 14.2. The molecular formula is C15H25N3OS. The van der Waals surface area contributed by atoms with Gasteiger partial charge in [0.25, 0.3) is 0 Å². The first-order chi connectivity index (χ1) is 9.81. The van der Waals surface area contributed by atoms with E-state index in [9.17, 15) is 0 Å². The van der Waals surface area contributed by atoms with Gasteiger partial charge in [-0.15, -0.1) is 0 Å². The van der Waals surface area contributed by atoms with Crippen molar-refractivity contribution >= 4 is 23.1 Å². The normalized spacial score (nSPS) is 16.1. The molecule has 1 heterocycles. The van der Waals surface area contributed by atoms with Crippen LogP contribution in [0.5, 0.6) is 5.75 Å². The third-order valence-corrected chi connectivity index (χ3v) is 4.32. The molecule has 1 aromatic carbocycles. The minimum atomic E-state index is 0.707. The number of nitrogens with zero attached hydrogens (tertiary/aromatic N) is 1. The Bertz CT molecular complexity index is 408. The molecule has 3 N–H and O–H groups in total. The predicted molar refractivity (Wildman–Crippen MR) is 88.9 cm³/mol. The van der Waals surface area contributed by atoms with Crippen molar-refractivity contribution in [1.82, 2.24) is 4.90 Å². The maximum Gasteiger partial charge on any atom is 0.144 e. The summed E-state index contributed by atoms with van der Waals surface area (Å²) in [6.45, 7) is 7.18. The van der Waals surface area contributed by atoms with Crippen molar-refractivity contribution in [3.05, 3.63) is 18.2 Å². The first kappa shape index (κ1) is 15.3. The van der Waals surface area contributed by atoms with E-state index in [2.05, 4.69) is 17.1 Å². The molecule has 20 heavy (non-hydrogen) atoms. The van der Waals surface area contributed by atoms with E-state index in [0.717, 1.165) is 36.6 Å². The molecular weight excluding hydrogens is 270 g/mol. The number of hydrogen-bond donors (Lipinski definition) is 2. The smallest absolute Gasteiger partial charge is 0.144 e. The SMILES string of the molecule is CCCOc1cccc(NCCN2CCSCC2)c1N. The van der Waals surface area contributed by atoms with E-state index >= 15 is 0 Å². The number of ether oxygens (including phenoxy) is 1. The molecule has 1 aromatic rings. The van der Waals surface area contributed by atoms with Crippen molar-refractivity contribution in [3.8, 4) is 5.75 Å². The summed E-state index contributed by atoms with van der Waals surface area (Å²) in [7, 11) is 0. The Morgan fingerprint density at radius 1 is 1.35 bits per heavy atom. The van der Waals surface area contributed by atoms with Crippen LogP contribution in [-0.2, 0) is 0 Å². The fraction of sp³-hybridized carbons (Fsp3) is 0.600. The van der Waals surface area contributed by atoms with E-state index in [4.69, 9.17) is 10.5 Å². The van der Waals surface area contributed by atoms with Gasteiger partial charge in [0, 0.05) is 37.7 Å². The monoisotopic (exact) mass is 295 g/mol. The Balaban J connectivity index is 1.82. The Kier molecular flexibility index (Phi) is 6.33. The molecule has 112 valence electrons. The molecule has 0 bridgehead atoms. The zero-order valence-electron chi connectivity index (χ0n) is 12.2. The van der Waals surface area contributed by atoms with Crippen LogP contribution in [0.2, 0.25) is 0 Å². The van der Waals surface area contributed by atoms with Crippen LogP contribution >= 0.6 is 11.8 Å². The standard InChI is InChI=1S/C15H25N3OS/c1-2-10-19-14-5-3-4-13(15(14)16)17-6-7-18-8-11-20-12-9-18/h3-5,17H,2,6-12,16H2,1H3. The largest absolute Gasteiger partial charge is 0.491 e. The van der Waals surface area contributed by atoms with Gasteiger partial charge in [0.05, 0.1) is 18.0 Å². The molecule has 0 spiro atoms. The first-order valence-electron chi connectivity index (χ1n) is 7.36. The first-order valence-corrected chi connectivity index (χ1v) is 8.52. The molecule has 2 rings (SSSR count). The van der Waals surface area contributed by atoms with Crippen molar-refractivity contribution in [2.24, 2.45) is 0 Å². The van der Waals surface area contributed by atoms with E-state index in [1.165, 1.54) is 24.6 Å². The summed E-state index contributed by atoms with van der Waals surface area (Å²) in [4.78, 5) is 2.50. The van der Waals surface area contributed by atoms with Gasteiger partial charge in [0.15, 0.2) is 0 Å². The molecule has 0 amide bonds. The number of benzene rings is 1. The number of anilines is 2. The van der Waals surface area contributed by atoms with Crippen LogP contribution < -0.4 is 15.8 Å². The fourth-order valence-corrected chi connectivity index (χ4v) is 3.19. The highest BCUT2D eigenvalue weighted by atomic mass is 32.2. The van der Waals surface area contributed by atoms with Crippen molar-refractivity contribution in [2.45, 2.75) is 13.3 Å². The molecule has 4 nitrogen and oxygen atoms in total. The summed E-state index contributed by atoms with van der Waals surface area (Å²) in [6.07, 6.45) is 0.990. The van der Waals surface area contributed by atoms with Crippen molar-refractivity contribution in [2.75, 3.05) is 55.3 Å². The average molecular weight is 295 g/mol. The van der Waals surface area contributed by atoms with Crippen LogP contribution in [0.3, 0.4) is 0 Å². The van der Waals surface area contributed by atoms with Gasteiger partial charge in [0.2, 0.25) is 0 Å². The average Bonchev–Trinajstić information content (AvgIpc) is 2.49. The van der Waals surface area contributed by atoms with E-state index < -0.39 is 0 Å². The molecule has 5 heteroatoms. The third kappa shape index (κ3) is 4.49. The summed E-state index contributed by atoms with van der Waals surface area (Å²) in [5.41, 5.74) is 7.83. The van der Waals surface area contributed by atoms with Gasteiger partial charge in [-0.25, -0.2) is 0 Å². The van der Waals surface area contributed by atoms with Gasteiger partial charge >= 0.3 is 0 Å². The second-order valence-electron chi connectivity index (χ2n) is 4.95. The number of nitrogens with two attached hydrogens (primary N) is 1. The number of hydrogen-bond acceptors (Lipinski definition) is 5. The van der Waals surface area contributed by atoms with Gasteiger partial charge < -0.3 is 15.8 Å². The minimum absolute atomic E-state index is 0.707. The highest BCUT2D eigenvalue weighted by molar-refractivity contribution is 7.99. The number of rotatable bonds is 7.